The Morgan fingerprint density at radius 2 is 1.86 bits per heavy atom. The molecule has 3 N–H and O–H groups in total. The number of carboxylic acid groups (broad SMARTS) is 1. The molecular formula is C25H25N5O5. The average molecular weight is 476 g/mol. The summed E-state index contributed by atoms with van der Waals surface area (Å²) in [5.74, 6) is 2.07. The molecule has 4 aromatic rings. The summed E-state index contributed by atoms with van der Waals surface area (Å²) >= 11 is 0. The highest BCUT2D eigenvalue weighted by molar-refractivity contribution is 6.10. The number of amides is 1. The molecule has 5 rings (SSSR count). The number of rotatable bonds is 5. The molecule has 0 unspecified atom stereocenters. The van der Waals surface area contributed by atoms with Crippen LogP contribution >= 0.6 is 0 Å². The van der Waals surface area contributed by atoms with Crippen LogP contribution in [-0.2, 0) is 0 Å². The SMILES string of the molecule is COc1cc2ncc3c(N)nc(-c4cncc(O[C@H]5CCCN(C(=O)O)C5)c4)cc3c2cc1OC. The van der Waals surface area contributed by atoms with Crippen LogP contribution < -0.4 is 19.9 Å². The molecule has 0 aliphatic carbocycles. The van der Waals surface area contributed by atoms with Crippen molar-refractivity contribution in [2.75, 3.05) is 33.0 Å². The van der Waals surface area contributed by atoms with Gasteiger partial charge in [-0.25, -0.2) is 9.78 Å². The molecule has 1 aromatic carbocycles. The molecule has 180 valence electrons. The van der Waals surface area contributed by atoms with Crippen LogP contribution in [0.4, 0.5) is 10.6 Å². The molecule has 1 fully saturated rings. The van der Waals surface area contributed by atoms with E-state index in [1.807, 2.05) is 24.3 Å². The maximum absolute atomic E-state index is 11.3. The zero-order chi connectivity index (χ0) is 24.5. The molecule has 1 atom stereocenters. The van der Waals surface area contributed by atoms with Crippen LogP contribution in [0.3, 0.4) is 0 Å². The molecule has 0 spiro atoms. The molecule has 0 bridgehead atoms. The van der Waals surface area contributed by atoms with E-state index in [-0.39, 0.29) is 6.10 Å². The van der Waals surface area contributed by atoms with Crippen LogP contribution in [0, 0.1) is 0 Å². The van der Waals surface area contributed by atoms with Crippen molar-refractivity contribution in [3.05, 3.63) is 42.9 Å². The van der Waals surface area contributed by atoms with Gasteiger partial charge in [0.05, 0.1) is 38.2 Å². The Morgan fingerprint density at radius 3 is 2.63 bits per heavy atom. The van der Waals surface area contributed by atoms with Gasteiger partial charge in [0, 0.05) is 41.3 Å². The van der Waals surface area contributed by atoms with Crippen molar-refractivity contribution in [3.63, 3.8) is 0 Å². The molecule has 3 aromatic heterocycles. The van der Waals surface area contributed by atoms with Crippen molar-refractivity contribution < 1.29 is 24.1 Å². The summed E-state index contributed by atoms with van der Waals surface area (Å²) in [5.41, 5.74) is 8.42. The number of fused-ring (bicyclic) bond motifs is 3. The van der Waals surface area contributed by atoms with E-state index >= 15 is 0 Å². The average Bonchev–Trinajstić information content (AvgIpc) is 2.87. The minimum Gasteiger partial charge on any atom is -0.493 e. The van der Waals surface area contributed by atoms with Gasteiger partial charge >= 0.3 is 6.09 Å². The summed E-state index contributed by atoms with van der Waals surface area (Å²) in [4.78, 5) is 26.1. The number of carbonyl (C=O) groups is 1. The van der Waals surface area contributed by atoms with Crippen LogP contribution in [0.2, 0.25) is 0 Å². The van der Waals surface area contributed by atoms with Crippen LogP contribution in [0.5, 0.6) is 17.2 Å². The Hall–Kier alpha value is -4.34. The Balaban J connectivity index is 1.53. The van der Waals surface area contributed by atoms with E-state index in [0.717, 1.165) is 40.1 Å². The number of benzene rings is 1. The Bertz CT molecular complexity index is 1430. The second-order valence-corrected chi connectivity index (χ2v) is 8.36. The lowest BCUT2D eigenvalue weighted by molar-refractivity contribution is 0.0790. The highest BCUT2D eigenvalue weighted by Gasteiger charge is 2.24. The number of pyridine rings is 3. The number of hydrogen-bond acceptors (Lipinski definition) is 8. The first-order valence-electron chi connectivity index (χ1n) is 11.2. The number of nitrogens with zero attached hydrogens (tertiary/aromatic N) is 4. The molecule has 10 heteroatoms. The standard InChI is InChI=1S/C25H25N5O5/c1-33-22-8-18-17-7-20(29-24(26)19(17)12-28-21(18)9-23(22)34-2)14-6-16(11-27-10-14)35-15-4-3-5-30(13-15)25(31)32/h6-12,15H,3-5,13H2,1-2H3,(H2,26,29)(H,31,32)/t15-/m0/s1. The van der Waals surface area contributed by atoms with Crippen molar-refractivity contribution in [1.82, 2.24) is 19.9 Å². The summed E-state index contributed by atoms with van der Waals surface area (Å²) in [5, 5.41) is 11.7. The topological polar surface area (TPSA) is 133 Å². The van der Waals surface area contributed by atoms with E-state index in [0.29, 0.717) is 41.8 Å². The van der Waals surface area contributed by atoms with E-state index in [2.05, 4.69) is 15.0 Å². The quantitative estimate of drug-likeness (QED) is 0.411. The Labute approximate surface area is 201 Å². The highest BCUT2D eigenvalue weighted by Crippen LogP contribution is 2.37. The first-order chi connectivity index (χ1) is 17.0. The third-order valence-electron chi connectivity index (χ3n) is 6.17. The van der Waals surface area contributed by atoms with E-state index in [1.165, 1.54) is 4.90 Å². The van der Waals surface area contributed by atoms with Gasteiger partial charge in [-0.3, -0.25) is 9.97 Å². The zero-order valence-corrected chi connectivity index (χ0v) is 19.4. The summed E-state index contributed by atoms with van der Waals surface area (Å²) in [6, 6.07) is 7.48. The predicted molar refractivity (Wildman–Crippen MR) is 131 cm³/mol. The van der Waals surface area contributed by atoms with Gasteiger partial charge < -0.3 is 30.0 Å². The number of anilines is 1. The Morgan fingerprint density at radius 1 is 1.06 bits per heavy atom. The first-order valence-corrected chi connectivity index (χ1v) is 11.2. The molecule has 4 heterocycles. The van der Waals surface area contributed by atoms with E-state index in [1.54, 1.807) is 32.8 Å². The van der Waals surface area contributed by atoms with Crippen molar-refractivity contribution >= 4 is 33.6 Å². The number of hydrogen-bond donors (Lipinski definition) is 2. The number of nitrogens with two attached hydrogens (primary N) is 1. The molecular weight excluding hydrogens is 450 g/mol. The summed E-state index contributed by atoms with van der Waals surface area (Å²) in [6.07, 6.45) is 5.37. The van der Waals surface area contributed by atoms with Gasteiger partial charge in [0.2, 0.25) is 0 Å². The second kappa shape index (κ2) is 9.13. The zero-order valence-electron chi connectivity index (χ0n) is 19.4. The Kier molecular flexibility index (Phi) is 5.86. The number of methoxy groups -OCH3 is 2. The molecule has 1 saturated heterocycles. The van der Waals surface area contributed by atoms with Crippen molar-refractivity contribution in [2.24, 2.45) is 0 Å². The molecule has 0 radical (unpaired) electrons. The highest BCUT2D eigenvalue weighted by atomic mass is 16.5. The van der Waals surface area contributed by atoms with Crippen LogP contribution in [0.25, 0.3) is 32.9 Å². The van der Waals surface area contributed by atoms with Crippen molar-refractivity contribution in [3.8, 4) is 28.5 Å². The monoisotopic (exact) mass is 475 g/mol. The third kappa shape index (κ3) is 4.30. The lowest BCUT2D eigenvalue weighted by atomic mass is 10.0. The van der Waals surface area contributed by atoms with E-state index < -0.39 is 6.09 Å². The molecule has 35 heavy (non-hydrogen) atoms. The minimum atomic E-state index is -0.933. The van der Waals surface area contributed by atoms with Gasteiger partial charge in [0.25, 0.3) is 0 Å². The summed E-state index contributed by atoms with van der Waals surface area (Å²) < 4.78 is 17.0. The van der Waals surface area contributed by atoms with Gasteiger partial charge in [-0.15, -0.1) is 0 Å². The van der Waals surface area contributed by atoms with Gasteiger partial charge in [-0.05, 0) is 36.4 Å². The predicted octanol–water partition coefficient (Wildman–Crippen LogP) is 3.97. The van der Waals surface area contributed by atoms with Crippen LogP contribution in [0.15, 0.2) is 42.9 Å². The molecule has 1 aliphatic rings. The van der Waals surface area contributed by atoms with Gasteiger partial charge in [0.15, 0.2) is 11.5 Å². The fraction of sp³-hybridized carbons (Fsp3) is 0.280. The molecule has 1 amide bonds. The van der Waals surface area contributed by atoms with E-state index in [9.17, 15) is 9.90 Å². The smallest absolute Gasteiger partial charge is 0.407 e. The van der Waals surface area contributed by atoms with E-state index in [4.69, 9.17) is 19.9 Å². The summed E-state index contributed by atoms with van der Waals surface area (Å²) in [7, 11) is 3.17. The number of nitrogen functional groups attached to an aromatic ring is 1. The maximum atomic E-state index is 11.3. The third-order valence-corrected chi connectivity index (χ3v) is 6.17. The normalized spacial score (nSPS) is 15.8. The largest absolute Gasteiger partial charge is 0.493 e. The molecule has 0 saturated carbocycles. The van der Waals surface area contributed by atoms with Crippen molar-refractivity contribution in [2.45, 2.75) is 18.9 Å². The van der Waals surface area contributed by atoms with Gasteiger partial charge in [0.1, 0.15) is 17.7 Å². The van der Waals surface area contributed by atoms with Crippen LogP contribution in [0.1, 0.15) is 12.8 Å². The van der Waals surface area contributed by atoms with Crippen LogP contribution in [-0.4, -0.2) is 64.5 Å². The first kappa shape index (κ1) is 22.5. The lowest BCUT2D eigenvalue weighted by Crippen LogP contribution is -2.43. The number of likely N-dealkylation sites (tertiary alicyclic amines) is 1. The lowest BCUT2D eigenvalue weighted by Gasteiger charge is -2.30. The molecule has 10 nitrogen and oxygen atoms in total. The van der Waals surface area contributed by atoms with Gasteiger partial charge in [-0.2, -0.15) is 0 Å². The number of ether oxygens (including phenoxy) is 3. The fourth-order valence-corrected chi connectivity index (χ4v) is 4.43. The minimum absolute atomic E-state index is 0.232. The summed E-state index contributed by atoms with van der Waals surface area (Å²) in [6.45, 7) is 0.845. The van der Waals surface area contributed by atoms with Gasteiger partial charge in [-0.1, -0.05) is 0 Å². The molecule has 1 aliphatic heterocycles. The number of piperidine rings is 1. The number of aromatic nitrogens is 3. The second-order valence-electron chi connectivity index (χ2n) is 8.36. The maximum Gasteiger partial charge on any atom is 0.407 e. The van der Waals surface area contributed by atoms with Crippen molar-refractivity contribution in [1.29, 1.82) is 0 Å². The fourth-order valence-electron chi connectivity index (χ4n) is 4.43.